The van der Waals surface area contributed by atoms with Crippen molar-refractivity contribution >= 4 is 34.9 Å². The van der Waals surface area contributed by atoms with E-state index in [0.717, 1.165) is 49.4 Å². The number of allylic oxidation sites excluding steroid dienone is 1. The molecule has 0 N–H and O–H groups in total. The summed E-state index contributed by atoms with van der Waals surface area (Å²) in [5, 5.41) is 23.9. The highest BCUT2D eigenvalue weighted by Gasteiger charge is 2.20. The Morgan fingerprint density at radius 1 is 1.14 bits per heavy atom. The van der Waals surface area contributed by atoms with Gasteiger partial charge in [0.05, 0.1) is 17.0 Å². The van der Waals surface area contributed by atoms with Crippen LogP contribution in [0.2, 0.25) is 10.2 Å². The number of nitriles is 1. The highest BCUT2D eigenvalue weighted by molar-refractivity contribution is 6.32. The molecule has 4 rings (SSSR count). The highest BCUT2D eigenvalue weighted by atomic mass is 35.5. The Labute approximate surface area is 173 Å². The van der Waals surface area contributed by atoms with E-state index >= 15 is 0 Å². The molecule has 0 saturated carbocycles. The zero-order valence-corrected chi connectivity index (χ0v) is 16.9. The summed E-state index contributed by atoms with van der Waals surface area (Å²) in [5.74, 6) is 1.53. The second kappa shape index (κ2) is 7.78. The minimum Gasteiger partial charge on any atom is -0.310 e. The SMILES string of the molecule is Cc1nn(-c2ccc(Cl)cc2)c(Cl)c1/C=C(\C#N)c1nnc2n1CCCCC2. The second-order valence-electron chi connectivity index (χ2n) is 6.75. The van der Waals surface area contributed by atoms with Crippen LogP contribution in [-0.2, 0) is 13.0 Å². The fourth-order valence-electron chi connectivity index (χ4n) is 3.40. The number of nitrogens with zero attached hydrogens (tertiary/aromatic N) is 6. The first-order valence-electron chi connectivity index (χ1n) is 9.14. The summed E-state index contributed by atoms with van der Waals surface area (Å²) in [6.07, 6.45) is 5.96. The highest BCUT2D eigenvalue weighted by Crippen LogP contribution is 2.29. The molecule has 0 spiro atoms. The lowest BCUT2D eigenvalue weighted by Gasteiger charge is -2.06. The van der Waals surface area contributed by atoms with E-state index in [4.69, 9.17) is 23.2 Å². The van der Waals surface area contributed by atoms with Gasteiger partial charge < -0.3 is 4.57 Å². The molecular weight excluding hydrogens is 395 g/mol. The van der Waals surface area contributed by atoms with Gasteiger partial charge in [-0.2, -0.15) is 10.4 Å². The van der Waals surface area contributed by atoms with E-state index in [0.29, 0.717) is 27.1 Å². The molecule has 2 aromatic heterocycles. The van der Waals surface area contributed by atoms with Crippen LogP contribution in [0.1, 0.15) is 42.2 Å². The first-order valence-corrected chi connectivity index (χ1v) is 9.89. The van der Waals surface area contributed by atoms with Crippen LogP contribution >= 0.6 is 23.2 Å². The smallest absolute Gasteiger partial charge is 0.174 e. The maximum Gasteiger partial charge on any atom is 0.174 e. The van der Waals surface area contributed by atoms with Crippen molar-refractivity contribution in [3.8, 4) is 11.8 Å². The third kappa shape index (κ3) is 3.44. The molecular formula is C20H18Cl2N6. The van der Waals surface area contributed by atoms with Gasteiger partial charge in [-0.25, -0.2) is 4.68 Å². The molecule has 6 nitrogen and oxygen atoms in total. The van der Waals surface area contributed by atoms with Gasteiger partial charge in [0, 0.05) is 23.6 Å². The van der Waals surface area contributed by atoms with Gasteiger partial charge in [-0.3, -0.25) is 0 Å². The van der Waals surface area contributed by atoms with Crippen molar-refractivity contribution in [2.75, 3.05) is 0 Å². The molecule has 0 atom stereocenters. The molecule has 0 saturated heterocycles. The van der Waals surface area contributed by atoms with Gasteiger partial charge in [0.25, 0.3) is 0 Å². The molecule has 1 aromatic carbocycles. The summed E-state index contributed by atoms with van der Waals surface area (Å²) in [7, 11) is 0. The van der Waals surface area contributed by atoms with Gasteiger partial charge >= 0.3 is 0 Å². The lowest BCUT2D eigenvalue weighted by molar-refractivity contribution is 0.627. The molecule has 142 valence electrons. The van der Waals surface area contributed by atoms with Crippen LogP contribution in [0.25, 0.3) is 17.3 Å². The Hall–Kier alpha value is -2.62. The molecule has 1 aliphatic heterocycles. The topological polar surface area (TPSA) is 72.3 Å². The number of fused-ring (bicyclic) bond motifs is 1. The Kier molecular flexibility index (Phi) is 5.21. The van der Waals surface area contributed by atoms with E-state index < -0.39 is 0 Å². The standard InChI is InChI=1S/C20H18Cl2N6/c1-13-17(19(22)28(26-13)16-8-6-15(21)7-9-16)11-14(12-23)20-25-24-18-5-3-2-4-10-27(18)20/h6-9,11H,2-5,10H2,1H3/b14-11+. The Bertz CT molecular complexity index is 1090. The minimum atomic E-state index is 0.432. The van der Waals surface area contributed by atoms with Crippen molar-refractivity contribution in [1.29, 1.82) is 5.26 Å². The number of hydrogen-bond donors (Lipinski definition) is 0. The predicted molar refractivity (Wildman–Crippen MR) is 109 cm³/mol. The van der Waals surface area contributed by atoms with Crippen molar-refractivity contribution in [3.05, 3.63) is 57.3 Å². The molecule has 0 aliphatic carbocycles. The van der Waals surface area contributed by atoms with Crippen LogP contribution in [-0.4, -0.2) is 24.5 Å². The van der Waals surface area contributed by atoms with E-state index in [9.17, 15) is 5.26 Å². The zero-order valence-electron chi connectivity index (χ0n) is 15.4. The average molecular weight is 413 g/mol. The monoisotopic (exact) mass is 412 g/mol. The van der Waals surface area contributed by atoms with Crippen LogP contribution in [0.5, 0.6) is 0 Å². The number of halogens is 2. The fourth-order valence-corrected chi connectivity index (χ4v) is 3.86. The normalized spacial score (nSPS) is 14.4. The van der Waals surface area contributed by atoms with E-state index in [1.807, 2.05) is 19.1 Å². The molecule has 1 aliphatic rings. The molecule has 0 unspecified atom stereocenters. The Morgan fingerprint density at radius 2 is 1.93 bits per heavy atom. The van der Waals surface area contributed by atoms with Gasteiger partial charge in [-0.15, -0.1) is 10.2 Å². The predicted octanol–water partition coefficient (Wildman–Crippen LogP) is 4.87. The third-order valence-corrected chi connectivity index (χ3v) is 5.49. The van der Waals surface area contributed by atoms with Crippen LogP contribution in [0.3, 0.4) is 0 Å². The summed E-state index contributed by atoms with van der Waals surface area (Å²) >= 11 is 12.6. The van der Waals surface area contributed by atoms with Crippen LogP contribution < -0.4 is 0 Å². The van der Waals surface area contributed by atoms with Gasteiger partial charge in [0.15, 0.2) is 5.82 Å². The largest absolute Gasteiger partial charge is 0.310 e. The van der Waals surface area contributed by atoms with Crippen molar-refractivity contribution < 1.29 is 0 Å². The van der Waals surface area contributed by atoms with Crippen LogP contribution in [0.15, 0.2) is 24.3 Å². The molecule has 3 heterocycles. The van der Waals surface area contributed by atoms with E-state index in [2.05, 4.69) is 25.9 Å². The number of rotatable bonds is 3. The second-order valence-corrected chi connectivity index (χ2v) is 7.54. The van der Waals surface area contributed by atoms with E-state index in [1.54, 1.807) is 22.9 Å². The maximum absolute atomic E-state index is 9.78. The maximum atomic E-state index is 9.78. The molecule has 3 aromatic rings. The zero-order chi connectivity index (χ0) is 19.7. The van der Waals surface area contributed by atoms with E-state index in [1.165, 1.54) is 0 Å². The number of aryl methyl sites for hydroxylation is 2. The van der Waals surface area contributed by atoms with Gasteiger partial charge in [0.1, 0.15) is 17.0 Å². The summed E-state index contributed by atoms with van der Waals surface area (Å²) in [4.78, 5) is 0. The quantitative estimate of drug-likeness (QED) is 0.575. The number of benzene rings is 1. The summed E-state index contributed by atoms with van der Waals surface area (Å²) in [5.41, 5.74) is 2.65. The van der Waals surface area contributed by atoms with Crippen molar-refractivity contribution in [3.63, 3.8) is 0 Å². The van der Waals surface area contributed by atoms with Gasteiger partial charge in [0.2, 0.25) is 0 Å². The molecule has 0 amide bonds. The summed E-state index contributed by atoms with van der Waals surface area (Å²) in [6.45, 7) is 2.69. The third-order valence-electron chi connectivity index (χ3n) is 4.88. The number of aromatic nitrogens is 5. The molecule has 8 heteroatoms. The Balaban J connectivity index is 1.77. The van der Waals surface area contributed by atoms with Crippen molar-refractivity contribution in [2.24, 2.45) is 0 Å². The van der Waals surface area contributed by atoms with Crippen LogP contribution in [0.4, 0.5) is 0 Å². The fraction of sp³-hybridized carbons (Fsp3) is 0.300. The minimum absolute atomic E-state index is 0.432. The molecule has 0 bridgehead atoms. The van der Waals surface area contributed by atoms with Crippen LogP contribution in [0, 0.1) is 18.3 Å². The first-order chi connectivity index (χ1) is 13.6. The summed E-state index contributed by atoms with van der Waals surface area (Å²) in [6, 6.07) is 9.52. The van der Waals surface area contributed by atoms with Crippen molar-refractivity contribution in [2.45, 2.75) is 39.2 Å². The van der Waals surface area contributed by atoms with Gasteiger partial charge in [-0.05, 0) is 50.1 Å². The molecule has 28 heavy (non-hydrogen) atoms. The van der Waals surface area contributed by atoms with E-state index in [-0.39, 0.29) is 0 Å². The average Bonchev–Trinajstić information content (AvgIpc) is 3.11. The molecule has 0 fully saturated rings. The lowest BCUT2D eigenvalue weighted by Crippen LogP contribution is -2.05. The summed E-state index contributed by atoms with van der Waals surface area (Å²) < 4.78 is 3.69. The Morgan fingerprint density at radius 3 is 2.68 bits per heavy atom. The number of hydrogen-bond acceptors (Lipinski definition) is 4. The molecule has 0 radical (unpaired) electrons. The first kappa shape index (κ1) is 18.7. The van der Waals surface area contributed by atoms with Gasteiger partial charge in [-0.1, -0.05) is 29.6 Å². The lowest BCUT2D eigenvalue weighted by atomic mass is 10.1. The van der Waals surface area contributed by atoms with Crippen molar-refractivity contribution in [1.82, 2.24) is 24.5 Å².